The molecule has 0 aliphatic heterocycles. The van der Waals surface area contributed by atoms with Gasteiger partial charge >= 0.3 is 5.97 Å². The van der Waals surface area contributed by atoms with Crippen molar-refractivity contribution in [2.24, 2.45) is 0 Å². The van der Waals surface area contributed by atoms with Gasteiger partial charge in [0.1, 0.15) is 0 Å². The van der Waals surface area contributed by atoms with Crippen LogP contribution in [-0.4, -0.2) is 48.8 Å². The Labute approximate surface area is 78.8 Å². The molecule has 4 heteroatoms. The molecule has 0 fully saturated rings. The van der Waals surface area contributed by atoms with Crippen LogP contribution in [0, 0.1) is 0 Å². The van der Waals surface area contributed by atoms with Crippen LogP contribution in [0.4, 0.5) is 0 Å². The van der Waals surface area contributed by atoms with Crippen molar-refractivity contribution in [3.05, 3.63) is 12.7 Å². The Morgan fingerprint density at radius 1 is 1.77 bits per heavy atom. The van der Waals surface area contributed by atoms with E-state index in [-0.39, 0.29) is 12.6 Å². The summed E-state index contributed by atoms with van der Waals surface area (Å²) in [6.45, 7) is 6.62. The van der Waals surface area contributed by atoms with Gasteiger partial charge in [0, 0.05) is 19.7 Å². The number of hydrogen-bond acceptors (Lipinski definition) is 3. The summed E-state index contributed by atoms with van der Waals surface area (Å²) >= 11 is 0. The van der Waals surface area contributed by atoms with Crippen molar-refractivity contribution in [1.82, 2.24) is 4.90 Å². The van der Waals surface area contributed by atoms with Gasteiger partial charge in [0.05, 0.1) is 13.2 Å². The van der Waals surface area contributed by atoms with Gasteiger partial charge in [-0.3, -0.25) is 9.69 Å². The van der Waals surface area contributed by atoms with Crippen molar-refractivity contribution in [3.8, 4) is 0 Å². The summed E-state index contributed by atoms with van der Waals surface area (Å²) in [7, 11) is 1.60. The number of aliphatic carboxylic acids is 1. The van der Waals surface area contributed by atoms with Crippen LogP contribution in [0.5, 0.6) is 0 Å². The van der Waals surface area contributed by atoms with E-state index in [9.17, 15) is 4.79 Å². The fourth-order valence-electron chi connectivity index (χ4n) is 1.09. The summed E-state index contributed by atoms with van der Waals surface area (Å²) in [6, 6.07) is 0.0964. The van der Waals surface area contributed by atoms with E-state index in [4.69, 9.17) is 9.84 Å². The van der Waals surface area contributed by atoms with Crippen LogP contribution in [0.1, 0.15) is 6.92 Å². The predicted octanol–water partition coefficient (Wildman–Crippen LogP) is 0.594. The molecule has 0 aliphatic rings. The molecule has 0 aliphatic carbocycles. The number of ether oxygens (including phenoxy) is 1. The van der Waals surface area contributed by atoms with Gasteiger partial charge in [-0.25, -0.2) is 0 Å². The fourth-order valence-corrected chi connectivity index (χ4v) is 1.09. The highest BCUT2D eigenvalue weighted by Crippen LogP contribution is 1.99. The first-order valence-electron chi connectivity index (χ1n) is 4.17. The van der Waals surface area contributed by atoms with Crippen LogP contribution in [0.3, 0.4) is 0 Å². The van der Waals surface area contributed by atoms with E-state index in [1.807, 2.05) is 6.92 Å². The topological polar surface area (TPSA) is 49.8 Å². The molecule has 1 N–H and O–H groups in total. The molecule has 0 spiro atoms. The van der Waals surface area contributed by atoms with Crippen molar-refractivity contribution in [1.29, 1.82) is 0 Å². The number of carbonyl (C=O) groups is 1. The van der Waals surface area contributed by atoms with E-state index >= 15 is 0 Å². The smallest absolute Gasteiger partial charge is 0.317 e. The monoisotopic (exact) mass is 187 g/mol. The van der Waals surface area contributed by atoms with Gasteiger partial charge < -0.3 is 9.84 Å². The number of nitrogens with zero attached hydrogens (tertiary/aromatic N) is 1. The standard InChI is InChI=1S/C9H17NO3/c1-4-5-10(6-9(11)12)8(2)7-13-3/h4,8H,1,5-7H2,2-3H3,(H,11,12). The molecule has 0 aromatic carbocycles. The molecule has 1 atom stereocenters. The molecule has 76 valence electrons. The minimum Gasteiger partial charge on any atom is -0.480 e. The van der Waals surface area contributed by atoms with Crippen molar-refractivity contribution in [2.45, 2.75) is 13.0 Å². The highest BCUT2D eigenvalue weighted by Gasteiger charge is 2.14. The summed E-state index contributed by atoms with van der Waals surface area (Å²) in [5.74, 6) is -0.829. The largest absolute Gasteiger partial charge is 0.480 e. The molecule has 0 saturated heterocycles. The van der Waals surface area contributed by atoms with Crippen molar-refractivity contribution in [3.63, 3.8) is 0 Å². The minimum absolute atomic E-state index is 0.0244. The maximum atomic E-state index is 10.5. The summed E-state index contributed by atoms with van der Waals surface area (Å²) < 4.78 is 4.94. The van der Waals surface area contributed by atoms with E-state index in [1.165, 1.54) is 0 Å². The molecule has 0 aromatic heterocycles. The Balaban J connectivity index is 4.04. The molecule has 4 nitrogen and oxygen atoms in total. The third-order valence-electron chi connectivity index (χ3n) is 1.73. The average molecular weight is 187 g/mol. The van der Waals surface area contributed by atoms with Gasteiger partial charge in [-0.1, -0.05) is 6.08 Å². The number of carboxylic acid groups (broad SMARTS) is 1. The van der Waals surface area contributed by atoms with Gasteiger partial charge in [0.15, 0.2) is 0 Å². The van der Waals surface area contributed by atoms with Crippen LogP contribution in [0.15, 0.2) is 12.7 Å². The quantitative estimate of drug-likeness (QED) is 0.593. The molecule has 1 unspecified atom stereocenters. The highest BCUT2D eigenvalue weighted by atomic mass is 16.5. The Hall–Kier alpha value is -0.870. The lowest BCUT2D eigenvalue weighted by Gasteiger charge is -2.25. The zero-order valence-corrected chi connectivity index (χ0v) is 8.19. The third-order valence-corrected chi connectivity index (χ3v) is 1.73. The Morgan fingerprint density at radius 2 is 2.38 bits per heavy atom. The summed E-state index contributed by atoms with van der Waals surface area (Å²) in [5, 5.41) is 8.61. The van der Waals surface area contributed by atoms with Gasteiger partial charge in [-0.05, 0) is 6.92 Å². The van der Waals surface area contributed by atoms with Crippen molar-refractivity contribution < 1.29 is 14.6 Å². The second-order valence-electron chi connectivity index (χ2n) is 2.92. The number of methoxy groups -OCH3 is 1. The van der Waals surface area contributed by atoms with Gasteiger partial charge in [0.25, 0.3) is 0 Å². The van der Waals surface area contributed by atoms with Crippen LogP contribution in [0.2, 0.25) is 0 Å². The van der Waals surface area contributed by atoms with E-state index in [1.54, 1.807) is 18.1 Å². The molecular formula is C9H17NO3. The first-order chi connectivity index (χ1) is 6.11. The van der Waals surface area contributed by atoms with E-state index in [2.05, 4.69) is 6.58 Å². The molecular weight excluding hydrogens is 170 g/mol. The number of rotatable bonds is 7. The molecule has 0 bridgehead atoms. The van der Waals surface area contributed by atoms with E-state index < -0.39 is 5.97 Å². The van der Waals surface area contributed by atoms with E-state index in [0.717, 1.165) is 0 Å². The zero-order chi connectivity index (χ0) is 10.3. The van der Waals surface area contributed by atoms with Gasteiger partial charge in [0.2, 0.25) is 0 Å². The van der Waals surface area contributed by atoms with Crippen LogP contribution < -0.4 is 0 Å². The summed E-state index contributed by atoms with van der Waals surface area (Å²) in [6.07, 6.45) is 1.69. The zero-order valence-electron chi connectivity index (χ0n) is 8.19. The van der Waals surface area contributed by atoms with E-state index in [0.29, 0.717) is 13.2 Å². The molecule has 0 radical (unpaired) electrons. The summed E-state index contributed by atoms with van der Waals surface area (Å²) in [4.78, 5) is 12.3. The molecule has 0 rings (SSSR count). The predicted molar refractivity (Wildman–Crippen MR) is 50.7 cm³/mol. The number of hydrogen-bond donors (Lipinski definition) is 1. The maximum Gasteiger partial charge on any atom is 0.317 e. The molecule has 13 heavy (non-hydrogen) atoms. The lowest BCUT2D eigenvalue weighted by molar-refractivity contribution is -0.138. The first kappa shape index (κ1) is 12.1. The Bertz CT molecular complexity index is 170. The molecule has 0 aromatic rings. The summed E-state index contributed by atoms with van der Waals surface area (Å²) in [5.41, 5.74) is 0. The van der Waals surface area contributed by atoms with Crippen LogP contribution in [0.25, 0.3) is 0 Å². The molecule has 0 heterocycles. The third kappa shape index (κ3) is 5.38. The van der Waals surface area contributed by atoms with Gasteiger partial charge in [-0.2, -0.15) is 0 Å². The number of carboxylic acids is 1. The SMILES string of the molecule is C=CCN(CC(=O)O)C(C)COC. The second kappa shape index (κ2) is 6.62. The van der Waals surface area contributed by atoms with Crippen molar-refractivity contribution >= 4 is 5.97 Å². The van der Waals surface area contributed by atoms with Crippen molar-refractivity contribution in [2.75, 3.05) is 26.8 Å². The van der Waals surface area contributed by atoms with Gasteiger partial charge in [-0.15, -0.1) is 6.58 Å². The second-order valence-corrected chi connectivity index (χ2v) is 2.92. The minimum atomic E-state index is -0.829. The normalized spacial score (nSPS) is 12.8. The molecule has 0 saturated carbocycles. The highest BCUT2D eigenvalue weighted by molar-refractivity contribution is 5.69. The Kier molecular flexibility index (Phi) is 6.18. The Morgan fingerprint density at radius 3 is 2.77 bits per heavy atom. The average Bonchev–Trinajstić information content (AvgIpc) is 2.03. The maximum absolute atomic E-state index is 10.5. The first-order valence-corrected chi connectivity index (χ1v) is 4.17. The molecule has 0 amide bonds. The lowest BCUT2D eigenvalue weighted by Crippen LogP contribution is -2.39. The van der Waals surface area contributed by atoms with Crippen LogP contribution >= 0.6 is 0 Å². The van der Waals surface area contributed by atoms with Crippen LogP contribution in [-0.2, 0) is 9.53 Å². The fraction of sp³-hybridized carbons (Fsp3) is 0.667. The lowest BCUT2D eigenvalue weighted by atomic mass is 10.3.